The van der Waals surface area contributed by atoms with E-state index in [1.54, 1.807) is 0 Å². The van der Waals surface area contributed by atoms with E-state index in [1.807, 2.05) is 43.3 Å². The van der Waals surface area contributed by atoms with E-state index in [9.17, 15) is 4.79 Å². The number of nitrogens with two attached hydrogens (primary N) is 1. The average molecular weight is 232 g/mol. The zero-order valence-electron chi connectivity index (χ0n) is 10.5. The number of carbonyl (C=O) groups is 1. The molecule has 2 rings (SSSR count). The van der Waals surface area contributed by atoms with Crippen molar-refractivity contribution >= 4 is 11.5 Å². The third-order valence-corrected chi connectivity index (χ3v) is 3.29. The number of nitrogens with zero attached hydrogens (tertiary/aromatic N) is 1. The van der Waals surface area contributed by atoms with Gasteiger partial charge in [0.2, 0.25) is 0 Å². The molecule has 1 aromatic carbocycles. The molecule has 0 heterocycles. The molecule has 0 spiro atoms. The number of ketones is 1. The van der Waals surface area contributed by atoms with E-state index in [-0.39, 0.29) is 11.8 Å². The van der Waals surface area contributed by atoms with Crippen molar-refractivity contribution in [3.05, 3.63) is 29.8 Å². The maximum atomic E-state index is 12.1. The topological polar surface area (TPSA) is 46.3 Å². The Morgan fingerprint density at radius 2 is 1.94 bits per heavy atom. The third kappa shape index (κ3) is 3.07. The van der Waals surface area contributed by atoms with Crippen LogP contribution in [-0.2, 0) is 0 Å². The maximum Gasteiger partial charge on any atom is 0.179 e. The Labute approximate surface area is 103 Å². The van der Waals surface area contributed by atoms with Crippen molar-refractivity contribution in [1.29, 1.82) is 0 Å². The summed E-state index contributed by atoms with van der Waals surface area (Å²) in [6.45, 7) is 0. The number of rotatable bonds is 5. The van der Waals surface area contributed by atoms with Gasteiger partial charge in [-0.15, -0.1) is 0 Å². The normalized spacial score (nSPS) is 16.6. The zero-order valence-corrected chi connectivity index (χ0v) is 10.5. The molecule has 92 valence electrons. The van der Waals surface area contributed by atoms with Crippen molar-refractivity contribution in [2.24, 2.45) is 11.7 Å². The summed E-state index contributed by atoms with van der Waals surface area (Å²) in [5.41, 5.74) is 7.75. The summed E-state index contributed by atoms with van der Waals surface area (Å²) in [7, 11) is 3.96. The van der Waals surface area contributed by atoms with Gasteiger partial charge in [-0.25, -0.2) is 0 Å². The van der Waals surface area contributed by atoms with Crippen LogP contribution in [0.2, 0.25) is 0 Å². The quantitative estimate of drug-likeness (QED) is 0.790. The van der Waals surface area contributed by atoms with Crippen molar-refractivity contribution in [3.8, 4) is 0 Å². The van der Waals surface area contributed by atoms with Crippen molar-refractivity contribution in [1.82, 2.24) is 0 Å². The Balaban J connectivity index is 2.02. The number of Topliss-reactive ketones (excluding diaryl/α,β-unsaturated/α-hetero) is 1. The highest BCUT2D eigenvalue weighted by Crippen LogP contribution is 2.33. The second-order valence-electron chi connectivity index (χ2n) is 5.09. The lowest BCUT2D eigenvalue weighted by molar-refractivity contribution is 0.0954. The molecule has 0 amide bonds. The van der Waals surface area contributed by atoms with Crippen LogP contribution in [0.3, 0.4) is 0 Å². The first kappa shape index (κ1) is 12.1. The van der Waals surface area contributed by atoms with Crippen LogP contribution in [0.5, 0.6) is 0 Å². The monoisotopic (exact) mass is 232 g/mol. The van der Waals surface area contributed by atoms with Crippen LogP contribution in [0.25, 0.3) is 0 Å². The molecule has 1 fully saturated rings. The molecule has 1 atom stereocenters. The van der Waals surface area contributed by atoms with Gasteiger partial charge < -0.3 is 10.6 Å². The molecule has 0 saturated heterocycles. The predicted molar refractivity (Wildman–Crippen MR) is 70.4 cm³/mol. The number of hydrogen-bond acceptors (Lipinski definition) is 3. The standard InChI is InChI=1S/C14H20N2O/c1-16(2)12-7-5-11(6-8-12)14(17)13(15)9-10-3-4-10/h5-8,10,13H,3-4,9,15H2,1-2H3. The van der Waals surface area contributed by atoms with Gasteiger partial charge in [-0.3, -0.25) is 4.79 Å². The van der Waals surface area contributed by atoms with Gasteiger partial charge in [0.1, 0.15) is 0 Å². The maximum absolute atomic E-state index is 12.1. The first-order valence-corrected chi connectivity index (χ1v) is 6.15. The molecule has 1 aliphatic rings. The predicted octanol–water partition coefficient (Wildman–Crippen LogP) is 2.06. The third-order valence-electron chi connectivity index (χ3n) is 3.29. The van der Waals surface area contributed by atoms with Crippen LogP contribution >= 0.6 is 0 Å². The largest absolute Gasteiger partial charge is 0.378 e. The molecule has 1 aliphatic carbocycles. The van der Waals surface area contributed by atoms with E-state index >= 15 is 0 Å². The molecule has 2 N–H and O–H groups in total. The van der Waals surface area contributed by atoms with Crippen molar-refractivity contribution in [3.63, 3.8) is 0 Å². The highest BCUT2D eigenvalue weighted by Gasteiger charge is 2.27. The van der Waals surface area contributed by atoms with Crippen LogP contribution in [0, 0.1) is 5.92 Å². The van der Waals surface area contributed by atoms with E-state index in [1.165, 1.54) is 12.8 Å². The highest BCUT2D eigenvalue weighted by molar-refractivity contribution is 6.00. The SMILES string of the molecule is CN(C)c1ccc(C(=O)C(N)CC2CC2)cc1. The Morgan fingerprint density at radius 3 is 2.41 bits per heavy atom. The van der Waals surface area contributed by atoms with E-state index < -0.39 is 0 Å². The van der Waals surface area contributed by atoms with Gasteiger partial charge in [0.15, 0.2) is 5.78 Å². The minimum Gasteiger partial charge on any atom is -0.378 e. The van der Waals surface area contributed by atoms with E-state index in [0.717, 1.165) is 17.7 Å². The van der Waals surface area contributed by atoms with Crippen LogP contribution in [-0.4, -0.2) is 25.9 Å². The Morgan fingerprint density at radius 1 is 1.35 bits per heavy atom. The summed E-state index contributed by atoms with van der Waals surface area (Å²) in [6.07, 6.45) is 3.31. The number of anilines is 1. The first-order chi connectivity index (χ1) is 8.08. The van der Waals surface area contributed by atoms with Gasteiger partial charge in [-0.05, 0) is 36.6 Å². The molecule has 0 aromatic heterocycles. The minimum atomic E-state index is -0.326. The number of benzene rings is 1. The van der Waals surface area contributed by atoms with Crippen molar-refractivity contribution < 1.29 is 4.79 Å². The van der Waals surface area contributed by atoms with Gasteiger partial charge in [-0.2, -0.15) is 0 Å². The molecule has 1 aromatic rings. The van der Waals surface area contributed by atoms with Gasteiger partial charge in [0.25, 0.3) is 0 Å². The summed E-state index contributed by atoms with van der Waals surface area (Å²) >= 11 is 0. The van der Waals surface area contributed by atoms with Crippen molar-refractivity contribution in [2.75, 3.05) is 19.0 Å². The lowest BCUT2D eigenvalue weighted by atomic mass is 10.00. The minimum absolute atomic E-state index is 0.0715. The van der Waals surface area contributed by atoms with Crippen molar-refractivity contribution in [2.45, 2.75) is 25.3 Å². The van der Waals surface area contributed by atoms with E-state index in [2.05, 4.69) is 0 Å². The lowest BCUT2D eigenvalue weighted by Crippen LogP contribution is -2.31. The van der Waals surface area contributed by atoms with Crippen LogP contribution in [0.1, 0.15) is 29.6 Å². The van der Waals surface area contributed by atoms with Crippen LogP contribution in [0.4, 0.5) is 5.69 Å². The molecular weight excluding hydrogens is 212 g/mol. The van der Waals surface area contributed by atoms with Crippen LogP contribution in [0.15, 0.2) is 24.3 Å². The summed E-state index contributed by atoms with van der Waals surface area (Å²) < 4.78 is 0. The molecule has 1 unspecified atom stereocenters. The number of carbonyl (C=O) groups excluding carboxylic acids is 1. The van der Waals surface area contributed by atoms with Gasteiger partial charge >= 0.3 is 0 Å². The van der Waals surface area contributed by atoms with Gasteiger partial charge in [-0.1, -0.05) is 12.8 Å². The fourth-order valence-corrected chi connectivity index (χ4v) is 1.96. The summed E-state index contributed by atoms with van der Waals surface area (Å²) in [6, 6.07) is 7.32. The van der Waals surface area contributed by atoms with E-state index in [0.29, 0.717) is 5.92 Å². The molecule has 1 saturated carbocycles. The first-order valence-electron chi connectivity index (χ1n) is 6.15. The fraction of sp³-hybridized carbons (Fsp3) is 0.500. The molecule has 17 heavy (non-hydrogen) atoms. The van der Waals surface area contributed by atoms with E-state index in [4.69, 9.17) is 5.73 Å². The zero-order chi connectivity index (χ0) is 12.4. The molecule has 0 radical (unpaired) electrons. The molecule has 3 heteroatoms. The highest BCUT2D eigenvalue weighted by atomic mass is 16.1. The van der Waals surface area contributed by atoms with Crippen LogP contribution < -0.4 is 10.6 Å². The Bertz CT molecular complexity index is 393. The Hall–Kier alpha value is -1.35. The molecule has 0 aliphatic heterocycles. The van der Waals surface area contributed by atoms with Gasteiger partial charge in [0, 0.05) is 25.3 Å². The number of hydrogen-bond donors (Lipinski definition) is 1. The molecule has 0 bridgehead atoms. The fourth-order valence-electron chi connectivity index (χ4n) is 1.96. The second-order valence-corrected chi connectivity index (χ2v) is 5.09. The lowest BCUT2D eigenvalue weighted by Gasteiger charge is -2.14. The molecular formula is C14H20N2O. The average Bonchev–Trinajstić information content (AvgIpc) is 3.12. The Kier molecular flexibility index (Phi) is 3.48. The summed E-state index contributed by atoms with van der Waals surface area (Å²) in [5.74, 6) is 0.761. The second kappa shape index (κ2) is 4.88. The summed E-state index contributed by atoms with van der Waals surface area (Å²) in [4.78, 5) is 14.1. The summed E-state index contributed by atoms with van der Waals surface area (Å²) in [5, 5.41) is 0. The van der Waals surface area contributed by atoms with Gasteiger partial charge in [0.05, 0.1) is 6.04 Å². The smallest absolute Gasteiger partial charge is 0.179 e. The molecule has 3 nitrogen and oxygen atoms in total.